The van der Waals surface area contributed by atoms with Crippen LogP contribution in [0.25, 0.3) is 0 Å². The Hall–Kier alpha value is -0.170. The number of aromatic nitrogens is 1. The predicted octanol–water partition coefficient (Wildman–Crippen LogP) is 2.78. The fourth-order valence-electron chi connectivity index (χ4n) is 1.65. The number of hydrogen-bond acceptors (Lipinski definition) is 3. The Balaban J connectivity index is 2.21. The summed E-state index contributed by atoms with van der Waals surface area (Å²) in [4.78, 5) is 11.8. The molecule has 0 amide bonds. The number of nitrogens with zero attached hydrogens (tertiary/aromatic N) is 1. The smallest absolute Gasteiger partial charge is 0.264 e. The highest BCUT2D eigenvalue weighted by Gasteiger charge is 2.02. The van der Waals surface area contributed by atoms with Gasteiger partial charge in [0.15, 0.2) is 0 Å². The van der Waals surface area contributed by atoms with E-state index in [-0.39, 0.29) is 5.56 Å². The summed E-state index contributed by atoms with van der Waals surface area (Å²) in [6.07, 6.45) is 3.98. The second-order valence-electron chi connectivity index (χ2n) is 4.16. The molecule has 108 valence electrons. The lowest BCUT2D eigenvalue weighted by molar-refractivity contribution is 0.143. The van der Waals surface area contributed by atoms with Crippen molar-refractivity contribution in [3.8, 4) is 0 Å². The zero-order valence-electron chi connectivity index (χ0n) is 11.1. The molecule has 1 heterocycles. The summed E-state index contributed by atoms with van der Waals surface area (Å²) in [7, 11) is 0. The molecule has 0 fully saturated rings. The van der Waals surface area contributed by atoms with Crippen molar-refractivity contribution >= 4 is 31.9 Å². The number of unbranched alkanes of at least 4 members (excludes halogenated alkanes) is 1. The van der Waals surface area contributed by atoms with Crippen molar-refractivity contribution in [2.75, 3.05) is 26.3 Å². The normalized spacial score (nSPS) is 10.9. The number of hydrogen-bond donors (Lipinski definition) is 1. The van der Waals surface area contributed by atoms with Crippen LogP contribution in [0, 0.1) is 0 Å². The molecule has 4 nitrogen and oxygen atoms in total. The molecule has 0 saturated carbocycles. The van der Waals surface area contributed by atoms with Crippen LogP contribution >= 0.6 is 31.9 Å². The van der Waals surface area contributed by atoms with Gasteiger partial charge in [-0.3, -0.25) is 4.79 Å². The van der Waals surface area contributed by atoms with Crippen molar-refractivity contribution in [1.29, 1.82) is 0 Å². The summed E-state index contributed by atoms with van der Waals surface area (Å²) in [5.74, 6) is 0. The van der Waals surface area contributed by atoms with Gasteiger partial charge >= 0.3 is 0 Å². The van der Waals surface area contributed by atoms with E-state index in [4.69, 9.17) is 4.74 Å². The molecule has 0 saturated heterocycles. The van der Waals surface area contributed by atoms with Crippen LogP contribution < -0.4 is 10.9 Å². The van der Waals surface area contributed by atoms with Gasteiger partial charge in [0.1, 0.15) is 0 Å². The Morgan fingerprint density at radius 3 is 2.84 bits per heavy atom. The van der Waals surface area contributed by atoms with Crippen molar-refractivity contribution < 1.29 is 4.74 Å². The predicted molar refractivity (Wildman–Crippen MR) is 84.7 cm³/mol. The fraction of sp³-hybridized carbons (Fsp3) is 0.615. The lowest BCUT2D eigenvalue weighted by atomic mass is 10.3. The molecule has 0 atom stereocenters. The minimum Gasteiger partial charge on any atom is -0.382 e. The largest absolute Gasteiger partial charge is 0.382 e. The SMILES string of the molecule is CCOCCCCNCCn1cc(Br)cc(Br)c1=O. The Bertz CT molecular complexity index is 435. The molecule has 0 radical (unpaired) electrons. The van der Waals surface area contributed by atoms with Gasteiger partial charge in [-0.1, -0.05) is 0 Å². The summed E-state index contributed by atoms with van der Waals surface area (Å²) >= 11 is 6.64. The number of halogens is 2. The van der Waals surface area contributed by atoms with Gasteiger partial charge in [-0.25, -0.2) is 0 Å². The number of pyridine rings is 1. The van der Waals surface area contributed by atoms with Gasteiger partial charge in [0.05, 0.1) is 4.47 Å². The van der Waals surface area contributed by atoms with Crippen LogP contribution in [0.1, 0.15) is 19.8 Å². The number of nitrogens with one attached hydrogen (secondary N) is 1. The van der Waals surface area contributed by atoms with Gasteiger partial charge in [0, 0.05) is 37.0 Å². The lowest BCUT2D eigenvalue weighted by Crippen LogP contribution is -2.27. The molecule has 1 aromatic heterocycles. The standard InChI is InChI=1S/C13H20Br2N2O2/c1-2-19-8-4-3-5-16-6-7-17-10-11(14)9-12(15)13(17)18/h9-10,16H,2-8H2,1H3. The highest BCUT2D eigenvalue weighted by atomic mass is 79.9. The molecule has 0 spiro atoms. The molecular weight excluding hydrogens is 376 g/mol. The van der Waals surface area contributed by atoms with E-state index in [1.807, 2.05) is 13.1 Å². The third-order valence-corrected chi connectivity index (χ3v) is 3.64. The van der Waals surface area contributed by atoms with E-state index in [1.54, 1.807) is 10.6 Å². The monoisotopic (exact) mass is 394 g/mol. The van der Waals surface area contributed by atoms with E-state index in [0.29, 0.717) is 11.0 Å². The van der Waals surface area contributed by atoms with Crippen LogP contribution in [0.3, 0.4) is 0 Å². The average molecular weight is 396 g/mol. The van der Waals surface area contributed by atoms with E-state index in [2.05, 4.69) is 37.2 Å². The quantitative estimate of drug-likeness (QED) is 0.653. The van der Waals surface area contributed by atoms with Crippen LogP contribution in [0.2, 0.25) is 0 Å². The summed E-state index contributed by atoms with van der Waals surface area (Å²) in [6.45, 7) is 6.03. The molecule has 1 rings (SSSR count). The van der Waals surface area contributed by atoms with E-state index < -0.39 is 0 Å². The Morgan fingerprint density at radius 2 is 2.11 bits per heavy atom. The van der Waals surface area contributed by atoms with E-state index in [0.717, 1.165) is 43.6 Å². The maximum Gasteiger partial charge on any atom is 0.264 e. The molecule has 6 heteroatoms. The molecule has 0 aromatic carbocycles. The van der Waals surface area contributed by atoms with Crippen molar-refractivity contribution in [3.63, 3.8) is 0 Å². The zero-order valence-corrected chi connectivity index (χ0v) is 14.3. The first-order valence-electron chi connectivity index (χ1n) is 6.49. The second-order valence-corrected chi connectivity index (χ2v) is 5.93. The van der Waals surface area contributed by atoms with Gasteiger partial charge in [-0.2, -0.15) is 0 Å². The molecule has 0 aliphatic rings. The van der Waals surface area contributed by atoms with Crippen LogP contribution in [-0.4, -0.2) is 30.9 Å². The summed E-state index contributed by atoms with van der Waals surface area (Å²) in [6, 6.07) is 1.76. The first-order chi connectivity index (χ1) is 9.15. The molecule has 0 aliphatic heterocycles. The molecule has 0 unspecified atom stereocenters. The maximum atomic E-state index is 11.8. The third-order valence-electron chi connectivity index (χ3n) is 2.63. The average Bonchev–Trinajstić information content (AvgIpc) is 2.38. The molecule has 0 bridgehead atoms. The van der Waals surface area contributed by atoms with E-state index in [1.165, 1.54) is 0 Å². The van der Waals surface area contributed by atoms with Gasteiger partial charge < -0.3 is 14.6 Å². The first-order valence-corrected chi connectivity index (χ1v) is 8.07. The van der Waals surface area contributed by atoms with Crippen molar-refractivity contribution in [1.82, 2.24) is 9.88 Å². The van der Waals surface area contributed by atoms with Crippen LogP contribution in [0.5, 0.6) is 0 Å². The third kappa shape index (κ3) is 6.70. The van der Waals surface area contributed by atoms with Gasteiger partial charge in [0.2, 0.25) is 0 Å². The molecular formula is C13H20Br2N2O2. The minimum atomic E-state index is 0.00125. The highest BCUT2D eigenvalue weighted by molar-refractivity contribution is 9.11. The second kappa shape index (κ2) is 9.69. The van der Waals surface area contributed by atoms with Crippen molar-refractivity contribution in [3.05, 3.63) is 31.6 Å². The summed E-state index contributed by atoms with van der Waals surface area (Å²) in [5, 5.41) is 3.33. The van der Waals surface area contributed by atoms with Crippen molar-refractivity contribution in [2.45, 2.75) is 26.3 Å². The highest BCUT2D eigenvalue weighted by Crippen LogP contribution is 2.12. The van der Waals surface area contributed by atoms with Gasteiger partial charge in [0.25, 0.3) is 5.56 Å². The summed E-state index contributed by atoms with van der Waals surface area (Å²) < 4.78 is 8.44. The Labute approximate surface area is 130 Å². The fourth-order valence-corrected chi connectivity index (χ4v) is 2.91. The molecule has 0 aliphatic carbocycles. The number of ether oxygens (including phenoxy) is 1. The van der Waals surface area contributed by atoms with Crippen LogP contribution in [-0.2, 0) is 11.3 Å². The number of rotatable bonds is 9. The molecule has 1 aromatic rings. The van der Waals surface area contributed by atoms with Gasteiger partial charge in [-0.15, -0.1) is 0 Å². The Kier molecular flexibility index (Phi) is 8.61. The van der Waals surface area contributed by atoms with E-state index in [9.17, 15) is 4.79 Å². The van der Waals surface area contributed by atoms with E-state index >= 15 is 0 Å². The Morgan fingerprint density at radius 1 is 1.32 bits per heavy atom. The maximum absolute atomic E-state index is 11.8. The van der Waals surface area contributed by atoms with Crippen LogP contribution in [0.15, 0.2) is 26.0 Å². The topological polar surface area (TPSA) is 43.3 Å². The van der Waals surface area contributed by atoms with Crippen molar-refractivity contribution in [2.24, 2.45) is 0 Å². The molecule has 1 N–H and O–H groups in total. The molecule has 19 heavy (non-hydrogen) atoms. The van der Waals surface area contributed by atoms with Gasteiger partial charge in [-0.05, 0) is 64.2 Å². The minimum absolute atomic E-state index is 0.00125. The first kappa shape index (κ1) is 16.9. The lowest BCUT2D eigenvalue weighted by Gasteiger charge is -2.08. The summed E-state index contributed by atoms with van der Waals surface area (Å²) in [5.41, 5.74) is 0.00125. The zero-order chi connectivity index (χ0) is 14.1. The van der Waals surface area contributed by atoms with Crippen LogP contribution in [0.4, 0.5) is 0 Å².